The predicted molar refractivity (Wildman–Crippen MR) is 112 cm³/mol. The molecule has 6 nitrogen and oxygen atoms in total. The Morgan fingerprint density at radius 1 is 1.23 bits per heavy atom. The SMILES string of the molecule is CCC1CCCN(C(C)(C)CNC(=O)CNC(=O)[C@@H](N)C(C)C)C1.Cl.Cl. The third-order valence-corrected chi connectivity index (χ3v) is 5.11. The van der Waals surface area contributed by atoms with Gasteiger partial charge in [0.25, 0.3) is 0 Å². The average Bonchev–Trinajstić information content (AvgIpc) is 2.57. The zero-order valence-electron chi connectivity index (χ0n) is 16.8. The highest BCUT2D eigenvalue weighted by Gasteiger charge is 2.31. The Balaban J connectivity index is 0. The van der Waals surface area contributed by atoms with Gasteiger partial charge >= 0.3 is 0 Å². The lowest BCUT2D eigenvalue weighted by molar-refractivity contribution is -0.127. The number of halogens is 2. The highest BCUT2D eigenvalue weighted by molar-refractivity contribution is 5.87. The molecule has 0 aromatic rings. The van der Waals surface area contributed by atoms with Crippen molar-refractivity contribution in [2.75, 3.05) is 26.2 Å². The molecule has 0 radical (unpaired) electrons. The van der Waals surface area contributed by atoms with Crippen molar-refractivity contribution in [2.45, 2.75) is 65.5 Å². The Morgan fingerprint density at radius 3 is 2.38 bits per heavy atom. The monoisotopic (exact) mass is 412 g/mol. The summed E-state index contributed by atoms with van der Waals surface area (Å²) in [6.07, 6.45) is 3.73. The molecule has 1 unspecified atom stereocenters. The van der Waals surface area contributed by atoms with Crippen molar-refractivity contribution in [3.05, 3.63) is 0 Å². The number of carbonyl (C=O) groups excluding carboxylic acids is 2. The third-order valence-electron chi connectivity index (χ3n) is 5.11. The molecule has 2 amide bonds. The van der Waals surface area contributed by atoms with Gasteiger partial charge in [-0.15, -0.1) is 24.8 Å². The Labute approximate surface area is 171 Å². The summed E-state index contributed by atoms with van der Waals surface area (Å²) in [5.74, 6) is 0.362. The number of likely N-dealkylation sites (tertiary alicyclic amines) is 1. The number of rotatable bonds is 8. The summed E-state index contributed by atoms with van der Waals surface area (Å²) in [6.45, 7) is 13.1. The van der Waals surface area contributed by atoms with Crippen molar-refractivity contribution in [1.29, 1.82) is 0 Å². The second kappa shape index (κ2) is 12.8. The zero-order chi connectivity index (χ0) is 18.3. The lowest BCUT2D eigenvalue weighted by Crippen LogP contribution is -2.56. The van der Waals surface area contributed by atoms with Gasteiger partial charge in [-0.1, -0.05) is 27.2 Å². The molecule has 0 aromatic carbocycles. The van der Waals surface area contributed by atoms with Gasteiger partial charge in [-0.25, -0.2) is 0 Å². The number of hydrogen-bond donors (Lipinski definition) is 3. The van der Waals surface area contributed by atoms with E-state index in [2.05, 4.69) is 36.3 Å². The quantitative estimate of drug-likeness (QED) is 0.568. The predicted octanol–water partition coefficient (Wildman–Crippen LogP) is 1.95. The first-order valence-corrected chi connectivity index (χ1v) is 9.22. The summed E-state index contributed by atoms with van der Waals surface area (Å²) in [5, 5.41) is 5.55. The van der Waals surface area contributed by atoms with Crippen LogP contribution in [0.1, 0.15) is 53.9 Å². The first-order valence-electron chi connectivity index (χ1n) is 9.22. The van der Waals surface area contributed by atoms with Crippen molar-refractivity contribution in [3.8, 4) is 0 Å². The van der Waals surface area contributed by atoms with E-state index >= 15 is 0 Å². The summed E-state index contributed by atoms with van der Waals surface area (Å²) in [6, 6.07) is -0.575. The van der Waals surface area contributed by atoms with E-state index in [0.717, 1.165) is 19.0 Å². The number of carbonyl (C=O) groups is 2. The van der Waals surface area contributed by atoms with Crippen LogP contribution in [0, 0.1) is 11.8 Å². The minimum Gasteiger partial charge on any atom is -0.353 e. The second-order valence-corrected chi connectivity index (χ2v) is 7.94. The second-order valence-electron chi connectivity index (χ2n) is 7.94. The number of piperidine rings is 1. The molecule has 4 N–H and O–H groups in total. The zero-order valence-corrected chi connectivity index (χ0v) is 18.5. The van der Waals surface area contributed by atoms with Crippen LogP contribution in [0.25, 0.3) is 0 Å². The van der Waals surface area contributed by atoms with Crippen LogP contribution >= 0.6 is 24.8 Å². The largest absolute Gasteiger partial charge is 0.353 e. The van der Waals surface area contributed by atoms with E-state index in [1.54, 1.807) is 0 Å². The molecule has 156 valence electrons. The molecular formula is C18H38Cl2N4O2. The Kier molecular flexibility index (Phi) is 13.6. The maximum absolute atomic E-state index is 12.0. The van der Waals surface area contributed by atoms with Gasteiger partial charge in [-0.2, -0.15) is 0 Å². The number of amides is 2. The lowest BCUT2D eigenvalue weighted by atomic mass is 9.91. The van der Waals surface area contributed by atoms with E-state index in [1.165, 1.54) is 19.3 Å². The Bertz CT molecular complexity index is 433. The highest BCUT2D eigenvalue weighted by atomic mass is 35.5. The van der Waals surface area contributed by atoms with Crippen LogP contribution in [0.4, 0.5) is 0 Å². The molecule has 0 spiro atoms. The van der Waals surface area contributed by atoms with E-state index in [9.17, 15) is 9.59 Å². The summed E-state index contributed by atoms with van der Waals surface area (Å²) in [7, 11) is 0. The summed E-state index contributed by atoms with van der Waals surface area (Å²) in [4.78, 5) is 26.3. The van der Waals surface area contributed by atoms with Crippen LogP contribution in [0.2, 0.25) is 0 Å². The van der Waals surface area contributed by atoms with E-state index in [1.807, 2.05) is 13.8 Å². The maximum atomic E-state index is 12.0. The Hall–Kier alpha value is -0.560. The number of hydrogen-bond acceptors (Lipinski definition) is 4. The minimum atomic E-state index is -0.575. The van der Waals surface area contributed by atoms with Crippen molar-refractivity contribution < 1.29 is 9.59 Å². The van der Waals surface area contributed by atoms with Gasteiger partial charge in [0.15, 0.2) is 0 Å². The number of nitrogens with one attached hydrogen (secondary N) is 2. The van der Waals surface area contributed by atoms with Crippen LogP contribution in [-0.2, 0) is 9.59 Å². The van der Waals surface area contributed by atoms with Gasteiger partial charge in [-0.3, -0.25) is 14.5 Å². The highest BCUT2D eigenvalue weighted by Crippen LogP contribution is 2.25. The third kappa shape index (κ3) is 8.89. The molecule has 0 bridgehead atoms. The van der Waals surface area contributed by atoms with E-state index in [-0.39, 0.29) is 54.6 Å². The molecular weight excluding hydrogens is 375 g/mol. The molecule has 1 fully saturated rings. The summed E-state index contributed by atoms with van der Waals surface area (Å²) in [5.41, 5.74) is 5.68. The van der Waals surface area contributed by atoms with Gasteiger partial charge in [0.1, 0.15) is 0 Å². The molecule has 1 saturated heterocycles. The normalized spacial score (nSPS) is 19.1. The summed E-state index contributed by atoms with van der Waals surface area (Å²) < 4.78 is 0. The van der Waals surface area contributed by atoms with Crippen LogP contribution in [0.3, 0.4) is 0 Å². The van der Waals surface area contributed by atoms with E-state index in [4.69, 9.17) is 5.73 Å². The van der Waals surface area contributed by atoms with E-state index in [0.29, 0.717) is 6.54 Å². The smallest absolute Gasteiger partial charge is 0.239 e. The van der Waals surface area contributed by atoms with Crippen LogP contribution in [-0.4, -0.2) is 54.5 Å². The van der Waals surface area contributed by atoms with Crippen molar-refractivity contribution in [1.82, 2.24) is 15.5 Å². The van der Waals surface area contributed by atoms with Gasteiger partial charge < -0.3 is 16.4 Å². The fraction of sp³-hybridized carbons (Fsp3) is 0.889. The molecule has 2 atom stereocenters. The Morgan fingerprint density at radius 2 is 1.85 bits per heavy atom. The molecule has 8 heteroatoms. The van der Waals surface area contributed by atoms with Crippen LogP contribution < -0.4 is 16.4 Å². The molecule has 0 saturated carbocycles. The molecule has 0 aliphatic carbocycles. The molecule has 1 aliphatic rings. The minimum absolute atomic E-state index is 0. The summed E-state index contributed by atoms with van der Waals surface area (Å²) >= 11 is 0. The van der Waals surface area contributed by atoms with Crippen molar-refractivity contribution >= 4 is 36.6 Å². The molecule has 1 aliphatic heterocycles. The van der Waals surface area contributed by atoms with Crippen molar-refractivity contribution in [2.24, 2.45) is 17.6 Å². The van der Waals surface area contributed by atoms with Crippen molar-refractivity contribution in [3.63, 3.8) is 0 Å². The lowest BCUT2D eigenvalue weighted by Gasteiger charge is -2.43. The van der Waals surface area contributed by atoms with Gasteiger partial charge in [0, 0.05) is 18.6 Å². The maximum Gasteiger partial charge on any atom is 0.239 e. The number of nitrogens with zero attached hydrogens (tertiary/aromatic N) is 1. The topological polar surface area (TPSA) is 87.5 Å². The fourth-order valence-electron chi connectivity index (χ4n) is 3.03. The number of nitrogens with two attached hydrogens (primary N) is 1. The molecule has 1 rings (SSSR count). The van der Waals surface area contributed by atoms with Crippen LogP contribution in [0.5, 0.6) is 0 Å². The van der Waals surface area contributed by atoms with Gasteiger partial charge in [0.05, 0.1) is 12.6 Å². The van der Waals surface area contributed by atoms with Crippen LogP contribution in [0.15, 0.2) is 0 Å². The van der Waals surface area contributed by atoms with Gasteiger partial charge in [-0.05, 0) is 45.1 Å². The van der Waals surface area contributed by atoms with Gasteiger partial charge in [0.2, 0.25) is 11.8 Å². The molecule has 1 heterocycles. The molecule has 0 aromatic heterocycles. The van der Waals surface area contributed by atoms with E-state index < -0.39 is 6.04 Å². The standard InChI is InChI=1S/C18H36N4O2.2ClH/c1-6-14-8-7-9-22(11-14)18(4,5)12-21-15(23)10-20-17(24)16(19)13(2)3;;/h13-14,16H,6-12,19H2,1-5H3,(H,20,24)(H,21,23);2*1H/t14?,16-;;/m0../s1. The molecule has 26 heavy (non-hydrogen) atoms. The average molecular weight is 413 g/mol. The first-order chi connectivity index (χ1) is 11.2. The fourth-order valence-corrected chi connectivity index (χ4v) is 3.03. The first kappa shape index (κ1) is 27.7.